The maximum absolute atomic E-state index is 6.32. The highest BCUT2D eigenvalue weighted by Gasteiger charge is 2.12. The van der Waals surface area contributed by atoms with E-state index < -0.39 is 0 Å². The third-order valence-corrected chi connectivity index (χ3v) is 3.19. The number of rotatable bonds is 4. The first-order valence-corrected chi connectivity index (χ1v) is 6.48. The molecule has 0 aliphatic carbocycles. The van der Waals surface area contributed by atoms with Gasteiger partial charge in [-0.05, 0) is 36.1 Å². The van der Waals surface area contributed by atoms with Gasteiger partial charge < -0.3 is 5.73 Å². The molecular formula is C16H20N2. The molecular weight excluding hydrogens is 220 g/mol. The van der Waals surface area contributed by atoms with Crippen LogP contribution in [0.5, 0.6) is 0 Å². The Morgan fingerprint density at radius 2 is 2.06 bits per heavy atom. The van der Waals surface area contributed by atoms with E-state index in [2.05, 4.69) is 49.2 Å². The number of hydrogen-bond acceptors (Lipinski definition) is 2. The Balaban J connectivity index is 2.31. The summed E-state index contributed by atoms with van der Waals surface area (Å²) < 4.78 is 0. The fourth-order valence-corrected chi connectivity index (χ4v) is 2.21. The van der Waals surface area contributed by atoms with Gasteiger partial charge in [0, 0.05) is 6.20 Å². The molecule has 0 amide bonds. The van der Waals surface area contributed by atoms with Gasteiger partial charge in [-0.25, -0.2) is 0 Å². The van der Waals surface area contributed by atoms with Crippen molar-refractivity contribution in [1.29, 1.82) is 0 Å². The summed E-state index contributed by atoms with van der Waals surface area (Å²) in [5.74, 6) is 0. The lowest BCUT2D eigenvalue weighted by Gasteiger charge is -2.14. The Morgan fingerprint density at radius 3 is 2.78 bits per heavy atom. The van der Waals surface area contributed by atoms with E-state index in [1.807, 2.05) is 6.07 Å². The summed E-state index contributed by atoms with van der Waals surface area (Å²) >= 11 is 0. The second-order valence-electron chi connectivity index (χ2n) is 4.68. The van der Waals surface area contributed by atoms with Crippen LogP contribution >= 0.6 is 0 Å². The van der Waals surface area contributed by atoms with Gasteiger partial charge in [0.15, 0.2) is 0 Å². The van der Waals surface area contributed by atoms with E-state index >= 15 is 0 Å². The molecule has 1 unspecified atom stereocenters. The van der Waals surface area contributed by atoms with Crippen molar-refractivity contribution in [2.24, 2.45) is 5.73 Å². The topological polar surface area (TPSA) is 38.9 Å². The molecule has 0 aliphatic heterocycles. The number of pyridine rings is 1. The van der Waals surface area contributed by atoms with E-state index in [-0.39, 0.29) is 6.04 Å². The number of nitrogens with zero attached hydrogens (tertiary/aromatic N) is 1. The lowest BCUT2D eigenvalue weighted by atomic mass is 9.98. The van der Waals surface area contributed by atoms with Crippen molar-refractivity contribution in [3.8, 4) is 0 Å². The highest BCUT2D eigenvalue weighted by atomic mass is 14.8. The minimum absolute atomic E-state index is 0.136. The molecule has 18 heavy (non-hydrogen) atoms. The van der Waals surface area contributed by atoms with E-state index in [4.69, 9.17) is 5.73 Å². The molecule has 0 saturated heterocycles. The van der Waals surface area contributed by atoms with Gasteiger partial charge in [0.2, 0.25) is 0 Å². The zero-order valence-corrected chi connectivity index (χ0v) is 11.1. The first kappa shape index (κ1) is 12.8. The van der Waals surface area contributed by atoms with Crippen molar-refractivity contribution in [3.05, 3.63) is 65.0 Å². The normalized spacial score (nSPS) is 12.4. The lowest BCUT2D eigenvalue weighted by Crippen LogP contribution is -2.15. The average Bonchev–Trinajstić information content (AvgIpc) is 2.39. The Labute approximate surface area is 109 Å². The highest BCUT2D eigenvalue weighted by Crippen LogP contribution is 2.21. The van der Waals surface area contributed by atoms with Crippen molar-refractivity contribution in [2.75, 3.05) is 0 Å². The van der Waals surface area contributed by atoms with Gasteiger partial charge in [-0.2, -0.15) is 0 Å². The van der Waals surface area contributed by atoms with E-state index in [0.717, 1.165) is 29.7 Å². The van der Waals surface area contributed by atoms with E-state index in [1.165, 1.54) is 5.56 Å². The summed E-state index contributed by atoms with van der Waals surface area (Å²) in [5, 5.41) is 0. The molecule has 2 N–H and O–H groups in total. The van der Waals surface area contributed by atoms with Crippen LogP contribution in [0.25, 0.3) is 0 Å². The number of nitrogens with two attached hydrogens (primary N) is 1. The van der Waals surface area contributed by atoms with Gasteiger partial charge in [-0.3, -0.25) is 4.98 Å². The van der Waals surface area contributed by atoms with Gasteiger partial charge >= 0.3 is 0 Å². The second kappa shape index (κ2) is 5.78. The zero-order chi connectivity index (χ0) is 13.0. The van der Waals surface area contributed by atoms with E-state index in [0.29, 0.717) is 0 Å². The number of aromatic nitrogens is 1. The fraction of sp³-hybridized carbons (Fsp3) is 0.312. The predicted octanol–water partition coefficient (Wildman–Crippen LogP) is 3.39. The van der Waals surface area contributed by atoms with Crippen LogP contribution in [0.1, 0.15) is 41.8 Å². The van der Waals surface area contributed by atoms with Crippen LogP contribution in [0.4, 0.5) is 0 Å². The molecule has 2 aromatic rings. The van der Waals surface area contributed by atoms with Gasteiger partial charge in [-0.1, -0.05) is 43.7 Å². The molecule has 1 aromatic carbocycles. The Bertz CT molecular complexity index is 520. The Hall–Kier alpha value is -1.67. The number of benzene rings is 1. The maximum atomic E-state index is 6.32. The van der Waals surface area contributed by atoms with Crippen molar-refractivity contribution in [1.82, 2.24) is 4.98 Å². The minimum atomic E-state index is -0.136. The second-order valence-corrected chi connectivity index (χ2v) is 4.68. The summed E-state index contributed by atoms with van der Waals surface area (Å²) in [4.78, 5) is 4.41. The smallest absolute Gasteiger partial charge is 0.0729 e. The molecule has 0 spiro atoms. The zero-order valence-electron chi connectivity index (χ0n) is 11.1. The molecule has 2 rings (SSSR count). The summed E-state index contributed by atoms with van der Waals surface area (Å²) in [6, 6.07) is 12.4. The fourth-order valence-electron chi connectivity index (χ4n) is 2.21. The van der Waals surface area contributed by atoms with Crippen molar-refractivity contribution >= 4 is 0 Å². The average molecular weight is 240 g/mol. The quantitative estimate of drug-likeness (QED) is 0.889. The van der Waals surface area contributed by atoms with Crippen molar-refractivity contribution in [2.45, 2.75) is 32.7 Å². The third kappa shape index (κ3) is 2.77. The van der Waals surface area contributed by atoms with Crippen LogP contribution in [0.3, 0.4) is 0 Å². The summed E-state index contributed by atoms with van der Waals surface area (Å²) in [6.07, 6.45) is 4.06. The molecule has 0 bridgehead atoms. The molecule has 0 saturated carbocycles. The monoisotopic (exact) mass is 240 g/mol. The van der Waals surface area contributed by atoms with Gasteiger partial charge in [0.1, 0.15) is 0 Å². The van der Waals surface area contributed by atoms with Crippen molar-refractivity contribution < 1.29 is 0 Å². The Morgan fingerprint density at radius 1 is 1.22 bits per heavy atom. The number of aryl methyl sites for hydroxylation is 2. The van der Waals surface area contributed by atoms with Crippen LogP contribution in [-0.4, -0.2) is 4.98 Å². The van der Waals surface area contributed by atoms with Gasteiger partial charge in [-0.15, -0.1) is 0 Å². The molecule has 2 heteroatoms. The van der Waals surface area contributed by atoms with Crippen LogP contribution in [0, 0.1) is 6.92 Å². The van der Waals surface area contributed by atoms with Crippen molar-refractivity contribution in [3.63, 3.8) is 0 Å². The van der Waals surface area contributed by atoms with Crippen LogP contribution in [0.15, 0.2) is 42.6 Å². The standard InChI is InChI=1S/C16H20N2/c1-3-6-13-8-4-9-14(11-13)15(17)16-12(2)7-5-10-18-16/h4-5,7-11,15H,3,6,17H2,1-2H3. The van der Waals surface area contributed by atoms with E-state index in [9.17, 15) is 0 Å². The van der Waals surface area contributed by atoms with Gasteiger partial charge in [0.25, 0.3) is 0 Å². The highest BCUT2D eigenvalue weighted by molar-refractivity contribution is 5.34. The third-order valence-electron chi connectivity index (χ3n) is 3.19. The first-order chi connectivity index (χ1) is 8.72. The largest absolute Gasteiger partial charge is 0.319 e. The molecule has 0 radical (unpaired) electrons. The minimum Gasteiger partial charge on any atom is -0.319 e. The Kier molecular flexibility index (Phi) is 4.11. The number of hydrogen-bond donors (Lipinski definition) is 1. The lowest BCUT2D eigenvalue weighted by molar-refractivity contribution is 0.812. The summed E-state index contributed by atoms with van der Waals surface area (Å²) in [5.41, 5.74) is 10.9. The summed E-state index contributed by atoms with van der Waals surface area (Å²) in [6.45, 7) is 4.24. The first-order valence-electron chi connectivity index (χ1n) is 6.48. The molecule has 1 heterocycles. The molecule has 1 aromatic heterocycles. The van der Waals surface area contributed by atoms with Gasteiger partial charge in [0.05, 0.1) is 11.7 Å². The molecule has 0 aliphatic rings. The predicted molar refractivity (Wildman–Crippen MR) is 75.4 cm³/mol. The van der Waals surface area contributed by atoms with Crippen LogP contribution in [0.2, 0.25) is 0 Å². The molecule has 94 valence electrons. The van der Waals surface area contributed by atoms with E-state index in [1.54, 1.807) is 6.20 Å². The molecule has 0 fully saturated rings. The van der Waals surface area contributed by atoms with Crippen LogP contribution < -0.4 is 5.73 Å². The molecule has 2 nitrogen and oxygen atoms in total. The molecule has 1 atom stereocenters. The van der Waals surface area contributed by atoms with Crippen LogP contribution in [-0.2, 0) is 6.42 Å². The summed E-state index contributed by atoms with van der Waals surface area (Å²) in [7, 11) is 0. The SMILES string of the molecule is CCCc1cccc(C(N)c2ncccc2C)c1. The maximum Gasteiger partial charge on any atom is 0.0729 e.